The molecular weight excluding hydrogens is 314 g/mol. The van der Waals surface area contributed by atoms with Gasteiger partial charge in [-0.2, -0.15) is 0 Å². The van der Waals surface area contributed by atoms with Crippen LogP contribution in [0.3, 0.4) is 0 Å². The van der Waals surface area contributed by atoms with Gasteiger partial charge in [-0.15, -0.1) is 0 Å². The summed E-state index contributed by atoms with van der Waals surface area (Å²) in [6.07, 6.45) is 2.13. The Balaban J connectivity index is 1.68. The molecule has 25 heavy (non-hydrogen) atoms. The lowest BCUT2D eigenvalue weighted by molar-refractivity contribution is -0.120. The molecule has 1 fully saturated rings. The highest BCUT2D eigenvalue weighted by Crippen LogP contribution is 2.21. The lowest BCUT2D eigenvalue weighted by Crippen LogP contribution is -2.45. The van der Waals surface area contributed by atoms with E-state index in [1.165, 1.54) is 0 Å². The fourth-order valence-electron chi connectivity index (χ4n) is 2.98. The fraction of sp³-hybridized carbons (Fsp3) is 0.300. The zero-order chi connectivity index (χ0) is 17.9. The van der Waals surface area contributed by atoms with Gasteiger partial charge in [-0.05, 0) is 49.6 Å². The van der Waals surface area contributed by atoms with Crippen LogP contribution >= 0.6 is 0 Å². The van der Waals surface area contributed by atoms with Crippen LogP contribution < -0.4 is 11.1 Å². The first kappa shape index (κ1) is 17.2. The molecular formula is C20H23N3O2. The number of carbonyl (C=O) groups excluding carboxylic acids is 2. The Labute approximate surface area is 147 Å². The van der Waals surface area contributed by atoms with Crippen molar-refractivity contribution < 1.29 is 9.59 Å². The Morgan fingerprint density at radius 1 is 1.00 bits per heavy atom. The number of amides is 2. The predicted molar refractivity (Wildman–Crippen MR) is 98.2 cm³/mol. The maximum atomic E-state index is 12.6. The number of hydrogen-bond acceptors (Lipinski definition) is 3. The van der Waals surface area contributed by atoms with Crippen molar-refractivity contribution in [2.75, 3.05) is 18.4 Å². The zero-order valence-corrected chi connectivity index (χ0v) is 14.4. The van der Waals surface area contributed by atoms with Crippen LogP contribution in [0.1, 0.15) is 35.7 Å². The number of nitrogens with one attached hydrogen (secondary N) is 1. The lowest BCUT2D eigenvalue weighted by atomic mass is 9.92. The molecule has 2 amide bonds. The summed E-state index contributed by atoms with van der Waals surface area (Å²) in [6, 6.07) is 16.2. The van der Waals surface area contributed by atoms with Gasteiger partial charge in [0.05, 0.1) is 0 Å². The highest BCUT2D eigenvalue weighted by Gasteiger charge is 2.30. The Kier molecular flexibility index (Phi) is 4.86. The molecule has 0 spiro atoms. The summed E-state index contributed by atoms with van der Waals surface area (Å²) in [7, 11) is 0. The summed E-state index contributed by atoms with van der Waals surface area (Å²) < 4.78 is 0. The minimum Gasteiger partial charge on any atom is -0.339 e. The molecule has 0 radical (unpaired) electrons. The molecule has 2 aromatic rings. The molecule has 1 saturated heterocycles. The van der Waals surface area contributed by atoms with Gasteiger partial charge in [0.15, 0.2) is 0 Å². The number of carbonyl (C=O) groups is 2. The summed E-state index contributed by atoms with van der Waals surface area (Å²) in [5, 5.41) is 2.83. The van der Waals surface area contributed by atoms with E-state index in [4.69, 9.17) is 5.73 Å². The van der Waals surface area contributed by atoms with Gasteiger partial charge in [-0.3, -0.25) is 9.59 Å². The zero-order valence-electron chi connectivity index (χ0n) is 14.4. The van der Waals surface area contributed by atoms with E-state index in [0.29, 0.717) is 11.3 Å². The minimum atomic E-state index is -1.13. The summed E-state index contributed by atoms with van der Waals surface area (Å²) in [5.74, 6) is -0.249. The van der Waals surface area contributed by atoms with Gasteiger partial charge >= 0.3 is 0 Å². The van der Waals surface area contributed by atoms with Crippen LogP contribution in [0, 0.1) is 0 Å². The van der Waals surface area contributed by atoms with Crippen LogP contribution in [-0.4, -0.2) is 29.8 Å². The highest BCUT2D eigenvalue weighted by molar-refractivity contribution is 5.99. The largest absolute Gasteiger partial charge is 0.339 e. The van der Waals surface area contributed by atoms with E-state index in [-0.39, 0.29) is 11.8 Å². The number of hydrogen-bond donors (Lipinski definition) is 2. The molecule has 1 heterocycles. The number of benzene rings is 2. The normalized spacial score (nSPS) is 16.3. The molecule has 0 aromatic heterocycles. The van der Waals surface area contributed by atoms with Gasteiger partial charge in [0.1, 0.15) is 5.54 Å². The first-order valence-corrected chi connectivity index (χ1v) is 8.54. The minimum absolute atomic E-state index is 0.0447. The van der Waals surface area contributed by atoms with Crippen LogP contribution in [-0.2, 0) is 10.3 Å². The van der Waals surface area contributed by atoms with E-state index in [2.05, 4.69) is 5.32 Å². The molecule has 1 atom stereocenters. The second-order valence-electron chi connectivity index (χ2n) is 6.60. The average Bonchev–Trinajstić information content (AvgIpc) is 3.17. The van der Waals surface area contributed by atoms with Crippen LogP contribution in [0.2, 0.25) is 0 Å². The van der Waals surface area contributed by atoms with Crippen molar-refractivity contribution in [2.45, 2.75) is 25.3 Å². The molecule has 1 unspecified atom stereocenters. The third-order valence-corrected chi connectivity index (χ3v) is 4.63. The summed E-state index contributed by atoms with van der Waals surface area (Å²) in [6.45, 7) is 3.32. The average molecular weight is 337 g/mol. The molecule has 1 aliphatic rings. The van der Waals surface area contributed by atoms with Gasteiger partial charge in [0.2, 0.25) is 5.91 Å². The molecule has 3 N–H and O–H groups in total. The second-order valence-corrected chi connectivity index (χ2v) is 6.60. The highest BCUT2D eigenvalue weighted by atomic mass is 16.2. The SMILES string of the molecule is CC(N)(C(=O)Nc1ccc(C(=O)N2CCCC2)cc1)c1ccccc1. The van der Waals surface area contributed by atoms with Gasteiger partial charge in [-0.1, -0.05) is 30.3 Å². The van der Waals surface area contributed by atoms with Gasteiger partial charge in [0.25, 0.3) is 5.91 Å². The van der Waals surface area contributed by atoms with E-state index in [9.17, 15) is 9.59 Å². The Morgan fingerprint density at radius 2 is 1.60 bits per heavy atom. The van der Waals surface area contributed by atoms with E-state index in [1.807, 2.05) is 35.2 Å². The topological polar surface area (TPSA) is 75.4 Å². The van der Waals surface area contributed by atoms with Crippen LogP contribution in [0.25, 0.3) is 0 Å². The number of nitrogens with zero attached hydrogens (tertiary/aromatic N) is 1. The first-order valence-electron chi connectivity index (χ1n) is 8.54. The van der Waals surface area contributed by atoms with E-state index < -0.39 is 5.54 Å². The smallest absolute Gasteiger partial charge is 0.253 e. The second kappa shape index (κ2) is 7.07. The van der Waals surface area contributed by atoms with Gasteiger partial charge < -0.3 is 16.0 Å². The monoisotopic (exact) mass is 337 g/mol. The third-order valence-electron chi connectivity index (χ3n) is 4.63. The van der Waals surface area contributed by atoms with Gasteiger partial charge in [0, 0.05) is 24.3 Å². The molecule has 0 saturated carbocycles. The van der Waals surface area contributed by atoms with Crippen molar-refractivity contribution in [3.63, 3.8) is 0 Å². The standard InChI is InChI=1S/C20H23N3O2/c1-20(21,16-7-3-2-4-8-16)19(25)22-17-11-9-15(10-12-17)18(24)23-13-5-6-14-23/h2-4,7-12H,5-6,13-14,21H2,1H3,(H,22,25). The van der Waals surface area contributed by atoms with E-state index in [1.54, 1.807) is 31.2 Å². The summed E-state index contributed by atoms with van der Waals surface area (Å²) >= 11 is 0. The molecule has 5 nitrogen and oxygen atoms in total. The maximum absolute atomic E-state index is 12.6. The lowest BCUT2D eigenvalue weighted by Gasteiger charge is -2.24. The summed E-state index contributed by atoms with van der Waals surface area (Å²) in [5.41, 5.74) is 7.09. The Hall–Kier alpha value is -2.66. The first-order chi connectivity index (χ1) is 12.0. The van der Waals surface area contributed by atoms with E-state index >= 15 is 0 Å². The summed E-state index contributed by atoms with van der Waals surface area (Å²) in [4.78, 5) is 26.8. The molecule has 0 aliphatic carbocycles. The predicted octanol–water partition coefficient (Wildman–Crippen LogP) is 2.74. The van der Waals surface area contributed by atoms with Crippen molar-refractivity contribution in [1.29, 1.82) is 0 Å². The quantitative estimate of drug-likeness (QED) is 0.901. The molecule has 1 aliphatic heterocycles. The molecule has 130 valence electrons. The van der Waals surface area contributed by atoms with Crippen molar-refractivity contribution in [1.82, 2.24) is 4.90 Å². The number of likely N-dealkylation sites (tertiary alicyclic amines) is 1. The third kappa shape index (κ3) is 3.72. The fourth-order valence-corrected chi connectivity index (χ4v) is 2.98. The number of anilines is 1. The van der Waals surface area contributed by atoms with Crippen LogP contribution in [0.5, 0.6) is 0 Å². The van der Waals surface area contributed by atoms with Crippen molar-refractivity contribution in [2.24, 2.45) is 5.73 Å². The van der Waals surface area contributed by atoms with Gasteiger partial charge in [-0.25, -0.2) is 0 Å². The Bertz CT molecular complexity index is 748. The maximum Gasteiger partial charge on any atom is 0.253 e. The van der Waals surface area contributed by atoms with Crippen molar-refractivity contribution in [3.05, 3.63) is 65.7 Å². The molecule has 2 aromatic carbocycles. The number of nitrogens with two attached hydrogens (primary N) is 1. The van der Waals surface area contributed by atoms with Crippen LogP contribution in [0.4, 0.5) is 5.69 Å². The Morgan fingerprint density at radius 3 is 2.20 bits per heavy atom. The van der Waals surface area contributed by atoms with Crippen molar-refractivity contribution in [3.8, 4) is 0 Å². The van der Waals surface area contributed by atoms with E-state index in [0.717, 1.165) is 31.5 Å². The molecule has 3 rings (SSSR count). The molecule has 5 heteroatoms. The number of rotatable bonds is 4. The van der Waals surface area contributed by atoms with Crippen LogP contribution in [0.15, 0.2) is 54.6 Å². The molecule has 0 bridgehead atoms. The van der Waals surface area contributed by atoms with Crippen molar-refractivity contribution >= 4 is 17.5 Å².